The number of fused-ring (bicyclic) bond motifs is 4. The summed E-state index contributed by atoms with van der Waals surface area (Å²) in [6, 6.07) is 23.8. The monoisotopic (exact) mass is 506 g/mol. The van der Waals surface area contributed by atoms with Gasteiger partial charge in [0.15, 0.2) is 19.9 Å². The van der Waals surface area contributed by atoms with Crippen molar-refractivity contribution in [3.8, 4) is 28.4 Å². The summed E-state index contributed by atoms with van der Waals surface area (Å²) in [6.45, 7) is 3.55. The van der Waals surface area contributed by atoms with Gasteiger partial charge in [0.25, 0.3) is 8.38 Å². The second-order valence-electron chi connectivity index (χ2n) is 6.69. The maximum atomic E-state index is 5.85. The van der Waals surface area contributed by atoms with Crippen molar-refractivity contribution in [3.05, 3.63) is 72.8 Å². The van der Waals surface area contributed by atoms with E-state index in [0.29, 0.717) is 0 Å². The zero-order chi connectivity index (χ0) is 23.0. The lowest BCUT2D eigenvalue weighted by atomic mass is 10.0. The summed E-state index contributed by atoms with van der Waals surface area (Å²) in [6.07, 6.45) is 0. The van der Waals surface area contributed by atoms with Crippen LogP contribution in [0.4, 0.5) is 0 Å². The molecule has 0 radical (unpaired) electrons. The summed E-state index contributed by atoms with van der Waals surface area (Å²) < 4.78 is 36.7. The van der Waals surface area contributed by atoms with Crippen LogP contribution in [0.25, 0.3) is 11.1 Å². The van der Waals surface area contributed by atoms with E-state index in [1.54, 1.807) is 14.2 Å². The minimum Gasteiger partial charge on any atom is -0.443 e. The van der Waals surface area contributed by atoms with Gasteiger partial charge in [-0.1, -0.05) is 48.5 Å². The van der Waals surface area contributed by atoms with Crippen LogP contribution in [0.2, 0.25) is 0 Å². The topological polar surface area (TPSA) is 64.6 Å². The van der Waals surface area contributed by atoms with Gasteiger partial charge in [-0.2, -0.15) is 0 Å². The quantitative estimate of drug-likeness (QED) is 0.361. The van der Waals surface area contributed by atoms with Gasteiger partial charge in [0.2, 0.25) is 0 Å². The third-order valence-electron chi connectivity index (χ3n) is 4.60. The normalized spacial score (nSPS) is 18.1. The molecule has 3 aromatic carbocycles. The van der Waals surface area contributed by atoms with Crippen molar-refractivity contribution in [2.24, 2.45) is 0 Å². The molecule has 1 atom stereocenters. The smallest absolute Gasteiger partial charge is 0.443 e. The van der Waals surface area contributed by atoms with Gasteiger partial charge in [0.1, 0.15) is 5.75 Å². The highest BCUT2D eigenvalue weighted by molar-refractivity contribution is 7.56. The summed E-state index contributed by atoms with van der Waals surface area (Å²) in [7, 11) is 0.651. The zero-order valence-electron chi connectivity index (χ0n) is 18.5. The zero-order valence-corrected chi connectivity index (χ0v) is 21.2. The molecule has 1 saturated heterocycles. The Morgan fingerprint density at radius 2 is 1.18 bits per heavy atom. The maximum absolute atomic E-state index is 5.85. The molecule has 0 aromatic heterocycles. The first-order valence-corrected chi connectivity index (χ1v) is 14.1. The minimum atomic E-state index is -1.17. The summed E-state index contributed by atoms with van der Waals surface area (Å²) in [4.78, 5) is 0. The van der Waals surface area contributed by atoms with E-state index in [4.69, 9.17) is 31.7 Å². The van der Waals surface area contributed by atoms with Crippen LogP contribution in [0.5, 0.6) is 17.2 Å². The van der Waals surface area contributed by atoms with E-state index in [0.717, 1.165) is 41.3 Å². The second-order valence-corrected chi connectivity index (χ2v) is 10.8. The summed E-state index contributed by atoms with van der Waals surface area (Å²) in [5.74, 6) is 2.44. The number of benzene rings is 3. The van der Waals surface area contributed by atoms with Gasteiger partial charge in [-0.3, -0.25) is 4.52 Å². The third-order valence-corrected chi connectivity index (χ3v) is 8.16. The highest BCUT2D eigenvalue weighted by Gasteiger charge is 2.26. The Bertz CT molecular complexity index is 1020. The Morgan fingerprint density at radius 1 is 0.636 bits per heavy atom. The molecule has 1 unspecified atom stereocenters. The van der Waals surface area contributed by atoms with E-state index in [2.05, 4.69) is 18.2 Å². The van der Waals surface area contributed by atoms with Crippen LogP contribution in [0, 0.1) is 0 Å². The van der Waals surface area contributed by atoms with Crippen LogP contribution < -0.4 is 18.9 Å². The SMILES string of the molecule is COP1Oc2ccccc2-c2ccccc21.COP1Oc2ccccc2O1.CP1OCCO1. The average molecular weight is 506 g/mol. The minimum absolute atomic E-state index is 0.465. The molecular formula is C23H25O7P3. The van der Waals surface area contributed by atoms with Crippen LogP contribution in [-0.4, -0.2) is 34.1 Å². The van der Waals surface area contributed by atoms with Crippen LogP contribution >= 0.6 is 25.4 Å². The molecule has 3 aliphatic rings. The lowest BCUT2D eigenvalue weighted by Gasteiger charge is -2.25. The van der Waals surface area contributed by atoms with Crippen LogP contribution in [0.3, 0.4) is 0 Å². The first-order chi connectivity index (χ1) is 16.2. The van der Waals surface area contributed by atoms with Crippen molar-refractivity contribution in [1.82, 2.24) is 0 Å². The average Bonchev–Trinajstić information content (AvgIpc) is 3.53. The van der Waals surface area contributed by atoms with E-state index in [-0.39, 0.29) is 0 Å². The molecule has 0 amide bonds. The Balaban J connectivity index is 0.000000132. The highest BCUT2D eigenvalue weighted by Crippen LogP contribution is 2.52. The fraction of sp³-hybridized carbons (Fsp3) is 0.217. The van der Waals surface area contributed by atoms with E-state index in [9.17, 15) is 0 Å². The van der Waals surface area contributed by atoms with Gasteiger partial charge in [-0.25, -0.2) is 0 Å². The number of hydrogen-bond acceptors (Lipinski definition) is 7. The van der Waals surface area contributed by atoms with Gasteiger partial charge in [0, 0.05) is 26.4 Å². The van der Waals surface area contributed by atoms with Crippen molar-refractivity contribution in [2.75, 3.05) is 34.1 Å². The maximum Gasteiger partial charge on any atom is 0.463 e. The summed E-state index contributed by atoms with van der Waals surface area (Å²) >= 11 is 0. The fourth-order valence-corrected chi connectivity index (χ4v) is 5.98. The standard InChI is InChI=1S/C13H11O2P.C7H7O3P.C3H7O2P/c1-14-16-13-9-5-3-7-11(13)10-6-2-4-8-12(10)15-16;1-8-11-9-6-4-2-3-5-7(6)10-11;1-6-4-2-3-5-6/h2-9H,1H3;2-5H,1H3;2-3H2,1H3. The lowest BCUT2D eigenvalue weighted by molar-refractivity contribution is 0.352. The molecule has 33 heavy (non-hydrogen) atoms. The summed E-state index contributed by atoms with van der Waals surface area (Å²) in [5, 5.41) is 1.15. The van der Waals surface area contributed by atoms with Crippen molar-refractivity contribution in [1.29, 1.82) is 0 Å². The van der Waals surface area contributed by atoms with Gasteiger partial charge < -0.3 is 27.1 Å². The Kier molecular flexibility index (Phi) is 8.89. The van der Waals surface area contributed by atoms with Crippen LogP contribution in [-0.2, 0) is 18.1 Å². The molecule has 0 saturated carbocycles. The lowest BCUT2D eigenvalue weighted by Crippen LogP contribution is -2.14. The van der Waals surface area contributed by atoms with E-state index < -0.39 is 25.4 Å². The first-order valence-electron chi connectivity index (χ1n) is 10.2. The number of rotatable bonds is 2. The van der Waals surface area contributed by atoms with E-state index in [1.165, 1.54) is 5.56 Å². The predicted molar refractivity (Wildman–Crippen MR) is 132 cm³/mol. The molecule has 0 N–H and O–H groups in total. The number of hydrogen-bond donors (Lipinski definition) is 0. The first kappa shape index (κ1) is 24.3. The molecule has 7 nitrogen and oxygen atoms in total. The highest BCUT2D eigenvalue weighted by atomic mass is 31.2. The molecule has 10 heteroatoms. The van der Waals surface area contributed by atoms with Gasteiger partial charge in [-0.05, 0) is 29.8 Å². The number of para-hydroxylation sites is 3. The molecule has 3 aliphatic heterocycles. The Hall–Kier alpha value is -1.81. The molecule has 174 valence electrons. The van der Waals surface area contributed by atoms with E-state index in [1.807, 2.05) is 61.3 Å². The second kappa shape index (κ2) is 12.1. The third kappa shape index (κ3) is 6.20. The molecule has 6 rings (SSSR count). The fourth-order valence-electron chi connectivity index (χ4n) is 3.13. The van der Waals surface area contributed by atoms with Crippen molar-refractivity contribution in [3.63, 3.8) is 0 Å². The molecular weight excluding hydrogens is 481 g/mol. The van der Waals surface area contributed by atoms with Gasteiger partial charge in [0.05, 0.1) is 18.5 Å². The van der Waals surface area contributed by atoms with Crippen molar-refractivity contribution < 1.29 is 31.7 Å². The van der Waals surface area contributed by atoms with Crippen LogP contribution in [0.1, 0.15) is 0 Å². The van der Waals surface area contributed by atoms with Gasteiger partial charge >= 0.3 is 8.60 Å². The summed E-state index contributed by atoms with van der Waals surface area (Å²) in [5.41, 5.74) is 2.37. The molecule has 3 heterocycles. The van der Waals surface area contributed by atoms with Crippen molar-refractivity contribution in [2.45, 2.75) is 0 Å². The molecule has 0 spiro atoms. The molecule has 1 fully saturated rings. The van der Waals surface area contributed by atoms with Gasteiger partial charge in [-0.15, -0.1) is 0 Å². The van der Waals surface area contributed by atoms with Crippen LogP contribution in [0.15, 0.2) is 72.8 Å². The van der Waals surface area contributed by atoms with E-state index >= 15 is 0 Å². The van der Waals surface area contributed by atoms with Crippen molar-refractivity contribution >= 4 is 30.7 Å². The largest absolute Gasteiger partial charge is 0.463 e. The predicted octanol–water partition coefficient (Wildman–Crippen LogP) is 6.64. The Labute approximate surface area is 197 Å². The Morgan fingerprint density at radius 3 is 1.73 bits per heavy atom. The molecule has 3 aromatic rings. The molecule has 0 aliphatic carbocycles. The molecule has 0 bridgehead atoms.